The van der Waals surface area contributed by atoms with Gasteiger partial charge in [0.1, 0.15) is 0 Å². The summed E-state index contributed by atoms with van der Waals surface area (Å²) in [6, 6.07) is 32.5. The lowest BCUT2D eigenvalue weighted by Gasteiger charge is -2.46. The minimum absolute atomic E-state index is 0.0335. The predicted molar refractivity (Wildman–Crippen MR) is 169 cm³/mol. The lowest BCUT2D eigenvalue weighted by molar-refractivity contribution is 0.0960. The van der Waals surface area contributed by atoms with E-state index in [2.05, 4.69) is 152 Å². The quantitative estimate of drug-likeness (QED) is 0.178. The molecule has 2 nitrogen and oxygen atoms in total. The molecule has 4 heteroatoms. The van der Waals surface area contributed by atoms with Gasteiger partial charge in [0.25, 0.3) is 8.32 Å². The molecular weight excluding hydrogens is 497 g/mol. The van der Waals surface area contributed by atoms with Crippen LogP contribution in [0.4, 0.5) is 0 Å². The molecule has 0 amide bonds. The summed E-state index contributed by atoms with van der Waals surface area (Å²) in [6.07, 6.45) is 3.49. The highest BCUT2D eigenvalue weighted by Crippen LogP contribution is 2.43. The van der Waals surface area contributed by atoms with Crippen LogP contribution in [0.2, 0.25) is 23.2 Å². The highest BCUT2D eigenvalue weighted by molar-refractivity contribution is 6.99. The first-order valence-electron chi connectivity index (χ1n) is 13.9. The molecule has 3 aromatic carbocycles. The third-order valence-corrected chi connectivity index (χ3v) is 17.7. The molecule has 0 saturated heterocycles. The van der Waals surface area contributed by atoms with Gasteiger partial charge >= 0.3 is 0 Å². The molecule has 0 aliphatic rings. The second-order valence-electron chi connectivity index (χ2n) is 12.9. The molecular formula is C34H48O2Si2. The van der Waals surface area contributed by atoms with Gasteiger partial charge in [-0.05, 0) is 45.5 Å². The molecule has 0 N–H and O–H groups in total. The summed E-state index contributed by atoms with van der Waals surface area (Å²) in [5.74, 6) is 0. The molecule has 204 valence electrons. The van der Waals surface area contributed by atoms with Gasteiger partial charge in [0.05, 0.1) is 12.2 Å². The van der Waals surface area contributed by atoms with Gasteiger partial charge in [0.2, 0.25) is 0 Å². The smallest absolute Gasteiger partial charge is 0.261 e. The second-order valence-corrected chi connectivity index (χ2v) is 21.9. The summed E-state index contributed by atoms with van der Waals surface area (Å²) in [5, 5.41) is 2.63. The van der Waals surface area contributed by atoms with Crippen molar-refractivity contribution in [2.75, 3.05) is 0 Å². The molecule has 0 aliphatic carbocycles. The summed E-state index contributed by atoms with van der Waals surface area (Å²) in [5.41, 5.74) is 1.22. The number of rotatable bonds is 11. The number of hydrogen-bond acceptors (Lipinski definition) is 2. The van der Waals surface area contributed by atoms with Crippen LogP contribution < -0.4 is 10.4 Å². The molecule has 0 spiro atoms. The van der Waals surface area contributed by atoms with Crippen molar-refractivity contribution in [2.45, 2.75) is 89.8 Å². The van der Waals surface area contributed by atoms with Crippen molar-refractivity contribution in [3.8, 4) is 0 Å². The van der Waals surface area contributed by atoms with Crippen LogP contribution in [0.3, 0.4) is 0 Å². The molecule has 3 aromatic rings. The first-order chi connectivity index (χ1) is 17.8. The lowest BCUT2D eigenvalue weighted by Crippen LogP contribution is -2.67. The average molecular weight is 545 g/mol. The molecule has 0 aromatic heterocycles. The summed E-state index contributed by atoms with van der Waals surface area (Å²) >= 11 is 0. The zero-order valence-electron chi connectivity index (χ0n) is 24.8. The normalized spacial score (nSPS) is 14.6. The highest BCUT2D eigenvalue weighted by Gasteiger charge is 2.51. The first-order valence-corrected chi connectivity index (χ1v) is 18.8. The van der Waals surface area contributed by atoms with Gasteiger partial charge in [0.15, 0.2) is 8.32 Å². The Balaban J connectivity index is 2.11. The molecule has 0 bridgehead atoms. The Hall–Kier alpha value is -2.25. The summed E-state index contributed by atoms with van der Waals surface area (Å²) < 4.78 is 14.7. The molecule has 0 aliphatic heterocycles. The fourth-order valence-corrected chi connectivity index (χ4v) is 11.0. The molecule has 0 saturated carbocycles. The molecule has 2 atom stereocenters. The Kier molecular flexibility index (Phi) is 9.80. The topological polar surface area (TPSA) is 18.5 Å². The summed E-state index contributed by atoms with van der Waals surface area (Å²) in [4.78, 5) is 0. The van der Waals surface area contributed by atoms with Crippen LogP contribution in [0, 0.1) is 0 Å². The SMILES string of the molecule is C=CC[C@@H](C[C@H](O[Si](C)(C)C(C)(C)C)c1ccccc1)O[Si](c1ccccc1)(c1ccccc1)C(C)(C)C. The fourth-order valence-electron chi connectivity index (χ4n) is 5.01. The summed E-state index contributed by atoms with van der Waals surface area (Å²) in [7, 11) is -4.74. The molecule has 0 radical (unpaired) electrons. The van der Waals surface area contributed by atoms with Gasteiger partial charge in [-0.15, -0.1) is 6.58 Å². The van der Waals surface area contributed by atoms with Crippen molar-refractivity contribution >= 4 is 27.0 Å². The van der Waals surface area contributed by atoms with E-state index >= 15 is 0 Å². The van der Waals surface area contributed by atoms with Crippen LogP contribution in [-0.4, -0.2) is 22.7 Å². The Bertz CT molecular complexity index is 1090. The van der Waals surface area contributed by atoms with E-state index in [0.717, 1.165) is 12.8 Å². The monoisotopic (exact) mass is 544 g/mol. The van der Waals surface area contributed by atoms with Crippen molar-refractivity contribution in [2.24, 2.45) is 0 Å². The Labute approximate surface area is 234 Å². The van der Waals surface area contributed by atoms with Gasteiger partial charge in [-0.1, -0.05) is 139 Å². The van der Waals surface area contributed by atoms with E-state index in [1.54, 1.807) is 0 Å². The predicted octanol–water partition coefficient (Wildman–Crippen LogP) is 8.66. The fraction of sp³-hybridized carbons (Fsp3) is 0.412. The molecule has 0 unspecified atom stereocenters. The molecule has 38 heavy (non-hydrogen) atoms. The lowest BCUT2D eigenvalue weighted by atomic mass is 10.0. The maximum Gasteiger partial charge on any atom is 0.261 e. The van der Waals surface area contributed by atoms with Crippen molar-refractivity contribution in [3.63, 3.8) is 0 Å². The average Bonchev–Trinajstić information content (AvgIpc) is 2.87. The molecule has 0 heterocycles. The first kappa shape index (κ1) is 30.3. The molecule has 3 rings (SSSR count). The number of benzene rings is 3. The van der Waals surface area contributed by atoms with Gasteiger partial charge in [-0.25, -0.2) is 0 Å². The third kappa shape index (κ3) is 6.84. The van der Waals surface area contributed by atoms with E-state index in [4.69, 9.17) is 8.85 Å². The minimum atomic E-state index is -2.70. The van der Waals surface area contributed by atoms with Crippen LogP contribution in [-0.2, 0) is 8.85 Å². The van der Waals surface area contributed by atoms with Crippen molar-refractivity contribution in [3.05, 3.63) is 109 Å². The van der Waals surface area contributed by atoms with Crippen molar-refractivity contribution < 1.29 is 8.85 Å². The van der Waals surface area contributed by atoms with E-state index in [-0.39, 0.29) is 22.3 Å². The van der Waals surface area contributed by atoms with E-state index in [0.29, 0.717) is 0 Å². The van der Waals surface area contributed by atoms with Gasteiger partial charge in [-0.3, -0.25) is 0 Å². The largest absolute Gasteiger partial charge is 0.410 e. The second kappa shape index (κ2) is 12.3. The van der Waals surface area contributed by atoms with Crippen LogP contribution in [0.5, 0.6) is 0 Å². The maximum atomic E-state index is 7.57. The van der Waals surface area contributed by atoms with Crippen LogP contribution in [0.1, 0.15) is 66.1 Å². The van der Waals surface area contributed by atoms with Crippen molar-refractivity contribution in [1.82, 2.24) is 0 Å². The van der Waals surface area contributed by atoms with E-state index in [9.17, 15) is 0 Å². The Morgan fingerprint density at radius 3 is 1.53 bits per heavy atom. The van der Waals surface area contributed by atoms with Gasteiger partial charge in [0, 0.05) is 6.42 Å². The minimum Gasteiger partial charge on any atom is -0.410 e. The number of hydrogen-bond donors (Lipinski definition) is 0. The van der Waals surface area contributed by atoms with Gasteiger partial charge in [-0.2, -0.15) is 0 Å². The standard InChI is InChI=1S/C34H48O2Si2/c1-10-20-29(27-32(28-21-14-11-15-22-28)36-37(8,9)33(2,3)4)35-38(34(5,6)7,30-23-16-12-17-24-30)31-25-18-13-19-26-31/h10-19,21-26,29,32H,1,20,27H2,2-9H3/t29-,32-/m0/s1. The maximum absolute atomic E-state index is 7.57. The zero-order chi connectivity index (χ0) is 28.0. The van der Waals surface area contributed by atoms with Gasteiger partial charge < -0.3 is 8.85 Å². The Morgan fingerprint density at radius 2 is 1.13 bits per heavy atom. The highest BCUT2D eigenvalue weighted by atomic mass is 28.4. The van der Waals surface area contributed by atoms with Crippen LogP contribution in [0.25, 0.3) is 0 Å². The van der Waals surface area contributed by atoms with E-state index in [1.807, 2.05) is 6.08 Å². The summed E-state index contributed by atoms with van der Waals surface area (Å²) in [6.45, 7) is 22.8. The third-order valence-electron chi connectivity index (χ3n) is 8.08. The van der Waals surface area contributed by atoms with Crippen LogP contribution in [0.15, 0.2) is 104 Å². The molecule has 0 fully saturated rings. The van der Waals surface area contributed by atoms with Crippen molar-refractivity contribution in [1.29, 1.82) is 0 Å². The van der Waals surface area contributed by atoms with E-state index < -0.39 is 16.6 Å². The Morgan fingerprint density at radius 1 is 0.684 bits per heavy atom. The van der Waals surface area contributed by atoms with E-state index in [1.165, 1.54) is 15.9 Å². The van der Waals surface area contributed by atoms with Crippen LogP contribution >= 0.6 is 0 Å². The zero-order valence-corrected chi connectivity index (χ0v) is 26.8.